The smallest absolute Gasteiger partial charge is 0.234 e. The largest absolute Gasteiger partial charge is 0.497 e. The minimum absolute atomic E-state index is 0.148. The van der Waals surface area contributed by atoms with Crippen LogP contribution in [-0.4, -0.2) is 68.1 Å². The van der Waals surface area contributed by atoms with Gasteiger partial charge in [-0.15, -0.1) is 0 Å². The Hall–Kier alpha value is -1.59. The first-order valence-electron chi connectivity index (χ1n) is 10.6. The third-order valence-electron chi connectivity index (χ3n) is 5.98. The Labute approximate surface area is 164 Å². The molecule has 5 nitrogen and oxygen atoms in total. The van der Waals surface area contributed by atoms with Crippen molar-refractivity contribution in [2.75, 3.05) is 46.4 Å². The molecular weight excluding hydrogens is 338 g/mol. The molecule has 0 unspecified atom stereocenters. The van der Waals surface area contributed by atoms with Crippen molar-refractivity contribution in [3.05, 3.63) is 29.8 Å². The molecule has 1 aliphatic carbocycles. The van der Waals surface area contributed by atoms with Gasteiger partial charge in [0.2, 0.25) is 5.91 Å². The molecule has 1 heterocycles. The van der Waals surface area contributed by atoms with Crippen molar-refractivity contribution in [1.29, 1.82) is 0 Å². The lowest BCUT2D eigenvalue weighted by atomic mass is 9.94. The molecule has 2 fully saturated rings. The third kappa shape index (κ3) is 6.51. The zero-order chi connectivity index (χ0) is 18.9. The number of nitrogens with zero attached hydrogens (tertiary/aromatic N) is 2. The highest BCUT2D eigenvalue weighted by atomic mass is 16.5. The van der Waals surface area contributed by atoms with Crippen LogP contribution in [0.15, 0.2) is 24.3 Å². The first-order chi connectivity index (χ1) is 13.2. The zero-order valence-corrected chi connectivity index (χ0v) is 16.8. The average molecular weight is 374 g/mol. The first-order valence-corrected chi connectivity index (χ1v) is 10.6. The van der Waals surface area contributed by atoms with Crippen LogP contribution in [0.1, 0.15) is 44.1 Å². The van der Waals surface area contributed by atoms with Gasteiger partial charge in [0.05, 0.1) is 13.7 Å². The van der Waals surface area contributed by atoms with Gasteiger partial charge in [-0.05, 0) is 56.5 Å². The maximum atomic E-state index is 12.3. The number of amides is 1. The van der Waals surface area contributed by atoms with E-state index < -0.39 is 0 Å². The van der Waals surface area contributed by atoms with Gasteiger partial charge in [-0.3, -0.25) is 14.6 Å². The molecule has 1 saturated heterocycles. The summed E-state index contributed by atoms with van der Waals surface area (Å²) in [5.74, 6) is 1.01. The molecule has 1 aromatic carbocycles. The van der Waals surface area contributed by atoms with Crippen LogP contribution in [0.5, 0.6) is 5.75 Å². The number of nitrogens with one attached hydrogen (secondary N) is 1. The van der Waals surface area contributed by atoms with Crippen LogP contribution in [0.4, 0.5) is 0 Å². The van der Waals surface area contributed by atoms with Crippen LogP contribution < -0.4 is 10.1 Å². The van der Waals surface area contributed by atoms with Crippen molar-refractivity contribution < 1.29 is 9.53 Å². The van der Waals surface area contributed by atoms with E-state index >= 15 is 0 Å². The van der Waals surface area contributed by atoms with Crippen LogP contribution in [0.25, 0.3) is 0 Å². The van der Waals surface area contributed by atoms with Gasteiger partial charge in [-0.25, -0.2) is 0 Å². The predicted molar refractivity (Wildman–Crippen MR) is 109 cm³/mol. The minimum Gasteiger partial charge on any atom is -0.497 e. The summed E-state index contributed by atoms with van der Waals surface area (Å²) in [5, 5.41) is 3.08. The lowest BCUT2D eigenvalue weighted by Crippen LogP contribution is -2.41. The van der Waals surface area contributed by atoms with Gasteiger partial charge < -0.3 is 10.1 Å². The molecule has 0 atom stereocenters. The van der Waals surface area contributed by atoms with Gasteiger partial charge in [-0.1, -0.05) is 31.4 Å². The highest BCUT2D eigenvalue weighted by molar-refractivity contribution is 5.78. The normalized spacial score (nSPS) is 20.2. The van der Waals surface area contributed by atoms with E-state index in [1.54, 1.807) is 7.11 Å². The number of ether oxygens (including phenoxy) is 1. The monoisotopic (exact) mass is 373 g/mol. The van der Waals surface area contributed by atoms with Gasteiger partial charge in [-0.2, -0.15) is 0 Å². The molecule has 2 aliphatic rings. The number of hydrogen-bond donors (Lipinski definition) is 1. The molecule has 3 rings (SSSR count). The molecule has 0 spiro atoms. The fourth-order valence-electron chi connectivity index (χ4n) is 4.36. The van der Waals surface area contributed by atoms with E-state index in [1.807, 2.05) is 12.1 Å². The van der Waals surface area contributed by atoms with Crippen LogP contribution in [-0.2, 0) is 11.2 Å². The van der Waals surface area contributed by atoms with E-state index in [-0.39, 0.29) is 5.91 Å². The summed E-state index contributed by atoms with van der Waals surface area (Å²) in [7, 11) is 1.67. The summed E-state index contributed by atoms with van der Waals surface area (Å²) < 4.78 is 5.17. The fraction of sp³-hybridized carbons (Fsp3) is 0.682. The molecule has 0 bridgehead atoms. The number of carbonyl (C=O) groups excluding carboxylic acids is 1. The van der Waals surface area contributed by atoms with E-state index in [0.29, 0.717) is 13.1 Å². The quantitative estimate of drug-likeness (QED) is 0.798. The average Bonchev–Trinajstić information content (AvgIpc) is 2.95. The second kappa shape index (κ2) is 10.7. The van der Waals surface area contributed by atoms with E-state index in [2.05, 4.69) is 27.2 Å². The van der Waals surface area contributed by atoms with Gasteiger partial charge in [0, 0.05) is 25.7 Å². The second-order valence-corrected chi connectivity index (χ2v) is 7.91. The molecular formula is C22H35N3O2. The summed E-state index contributed by atoms with van der Waals surface area (Å²) in [5.41, 5.74) is 1.22. The molecule has 1 amide bonds. The van der Waals surface area contributed by atoms with Gasteiger partial charge >= 0.3 is 0 Å². The van der Waals surface area contributed by atoms with Gasteiger partial charge in [0.25, 0.3) is 0 Å². The van der Waals surface area contributed by atoms with E-state index in [1.165, 1.54) is 50.6 Å². The Morgan fingerprint density at radius 2 is 1.81 bits per heavy atom. The molecule has 1 aromatic rings. The fourth-order valence-corrected chi connectivity index (χ4v) is 4.36. The van der Waals surface area contributed by atoms with Crippen LogP contribution in [0, 0.1) is 0 Å². The Morgan fingerprint density at radius 1 is 1.04 bits per heavy atom. The maximum absolute atomic E-state index is 12.3. The van der Waals surface area contributed by atoms with Crippen molar-refractivity contribution in [2.24, 2.45) is 0 Å². The molecule has 0 radical (unpaired) electrons. The topological polar surface area (TPSA) is 44.8 Å². The summed E-state index contributed by atoms with van der Waals surface area (Å²) >= 11 is 0. The number of hydrogen-bond acceptors (Lipinski definition) is 4. The number of rotatable bonds is 7. The number of carbonyl (C=O) groups is 1. The Morgan fingerprint density at radius 3 is 2.56 bits per heavy atom. The molecule has 5 heteroatoms. The lowest BCUT2D eigenvalue weighted by Gasteiger charge is -2.33. The van der Waals surface area contributed by atoms with Crippen LogP contribution in [0.3, 0.4) is 0 Å². The van der Waals surface area contributed by atoms with E-state index in [9.17, 15) is 4.79 Å². The predicted octanol–water partition coefficient (Wildman–Crippen LogP) is 2.69. The molecule has 0 aromatic heterocycles. The van der Waals surface area contributed by atoms with Crippen molar-refractivity contribution in [3.63, 3.8) is 0 Å². The summed E-state index contributed by atoms with van der Waals surface area (Å²) in [6.45, 7) is 5.58. The first kappa shape index (κ1) is 20.2. The number of methoxy groups -OCH3 is 1. The van der Waals surface area contributed by atoms with Gasteiger partial charge in [0.1, 0.15) is 5.75 Å². The van der Waals surface area contributed by atoms with Crippen LogP contribution in [0.2, 0.25) is 0 Å². The molecule has 150 valence electrons. The molecule has 1 aliphatic heterocycles. The minimum atomic E-state index is 0.148. The van der Waals surface area contributed by atoms with Crippen molar-refractivity contribution in [2.45, 2.75) is 51.0 Å². The SMILES string of the molecule is COc1ccc(CCNC(=O)CN2CCCN(C3CCCCC3)CC2)cc1. The molecule has 1 N–H and O–H groups in total. The second-order valence-electron chi connectivity index (χ2n) is 7.91. The Kier molecular flexibility index (Phi) is 7.96. The Bertz CT molecular complexity index is 569. The summed E-state index contributed by atoms with van der Waals surface area (Å²) in [4.78, 5) is 17.3. The van der Waals surface area contributed by atoms with Crippen LogP contribution >= 0.6 is 0 Å². The van der Waals surface area contributed by atoms with Crippen molar-refractivity contribution >= 4 is 5.91 Å². The lowest BCUT2D eigenvalue weighted by molar-refractivity contribution is -0.122. The Balaban J connectivity index is 1.35. The third-order valence-corrected chi connectivity index (χ3v) is 5.98. The van der Waals surface area contributed by atoms with Crippen molar-refractivity contribution in [3.8, 4) is 5.75 Å². The zero-order valence-electron chi connectivity index (χ0n) is 16.8. The van der Waals surface area contributed by atoms with Crippen molar-refractivity contribution in [1.82, 2.24) is 15.1 Å². The highest BCUT2D eigenvalue weighted by Crippen LogP contribution is 2.23. The molecule has 1 saturated carbocycles. The van der Waals surface area contributed by atoms with E-state index in [0.717, 1.165) is 37.8 Å². The molecule has 27 heavy (non-hydrogen) atoms. The maximum Gasteiger partial charge on any atom is 0.234 e. The summed E-state index contributed by atoms with van der Waals surface area (Å²) in [6.07, 6.45) is 8.95. The standard InChI is InChI=1S/C22H35N3O2/c1-27-21-10-8-19(9-11-21)12-13-23-22(26)18-24-14-5-15-25(17-16-24)20-6-3-2-4-7-20/h8-11,20H,2-7,12-18H2,1H3,(H,23,26). The van der Waals surface area contributed by atoms with Gasteiger partial charge in [0.15, 0.2) is 0 Å². The number of benzene rings is 1. The summed E-state index contributed by atoms with van der Waals surface area (Å²) in [6, 6.07) is 8.83. The van der Waals surface area contributed by atoms with E-state index in [4.69, 9.17) is 4.74 Å². The highest BCUT2D eigenvalue weighted by Gasteiger charge is 2.24.